The first-order valence-electron chi connectivity index (χ1n) is 10.9. The zero-order valence-corrected chi connectivity index (χ0v) is 18.5. The molecule has 0 aromatic heterocycles. The standard InChI is InChI=1S/C22H47N.ClH/c1-6-10-11-12-13-14-15-16-17-18-19-20-21-22(5,7-2)23(8-3)9-4;/h6-21H2,1-5H3;1H. The van der Waals surface area contributed by atoms with Gasteiger partial charge >= 0.3 is 0 Å². The van der Waals surface area contributed by atoms with Gasteiger partial charge in [0, 0.05) is 5.54 Å². The van der Waals surface area contributed by atoms with E-state index in [1.165, 1.54) is 103 Å². The van der Waals surface area contributed by atoms with Crippen LogP contribution < -0.4 is 0 Å². The van der Waals surface area contributed by atoms with Gasteiger partial charge in [0.1, 0.15) is 0 Å². The first kappa shape index (κ1) is 26.5. The molecule has 1 unspecified atom stereocenters. The van der Waals surface area contributed by atoms with E-state index in [1.807, 2.05) is 0 Å². The Morgan fingerprint density at radius 3 is 1.29 bits per heavy atom. The third kappa shape index (κ3) is 12.6. The van der Waals surface area contributed by atoms with Gasteiger partial charge in [-0.15, -0.1) is 12.4 Å². The molecule has 0 rings (SSSR count). The van der Waals surface area contributed by atoms with Crippen LogP contribution in [0.1, 0.15) is 125 Å². The fourth-order valence-electron chi connectivity index (χ4n) is 3.89. The van der Waals surface area contributed by atoms with Crippen molar-refractivity contribution in [2.75, 3.05) is 13.1 Å². The van der Waals surface area contributed by atoms with Gasteiger partial charge in [0.2, 0.25) is 0 Å². The topological polar surface area (TPSA) is 3.24 Å². The van der Waals surface area contributed by atoms with Crippen molar-refractivity contribution in [3.05, 3.63) is 0 Å². The van der Waals surface area contributed by atoms with Crippen molar-refractivity contribution in [3.8, 4) is 0 Å². The fraction of sp³-hybridized carbons (Fsp3) is 1.00. The highest BCUT2D eigenvalue weighted by molar-refractivity contribution is 5.85. The highest BCUT2D eigenvalue weighted by atomic mass is 35.5. The molecule has 0 aliphatic carbocycles. The maximum Gasteiger partial charge on any atom is 0.0178 e. The summed E-state index contributed by atoms with van der Waals surface area (Å²) in [6, 6.07) is 0. The molecule has 0 aliphatic heterocycles. The van der Waals surface area contributed by atoms with Crippen LogP contribution in [0.15, 0.2) is 0 Å². The maximum absolute atomic E-state index is 2.66. The summed E-state index contributed by atoms with van der Waals surface area (Å²) in [6.45, 7) is 14.1. The van der Waals surface area contributed by atoms with Crippen LogP contribution in [0.2, 0.25) is 0 Å². The Morgan fingerprint density at radius 1 is 0.583 bits per heavy atom. The van der Waals surface area contributed by atoms with Crippen LogP contribution in [0.3, 0.4) is 0 Å². The quantitative estimate of drug-likeness (QED) is 0.237. The zero-order valence-electron chi connectivity index (χ0n) is 17.7. The van der Waals surface area contributed by atoms with Gasteiger partial charge in [0.25, 0.3) is 0 Å². The largest absolute Gasteiger partial charge is 0.298 e. The lowest BCUT2D eigenvalue weighted by molar-refractivity contribution is 0.0994. The van der Waals surface area contributed by atoms with E-state index in [1.54, 1.807) is 0 Å². The van der Waals surface area contributed by atoms with E-state index in [2.05, 4.69) is 39.5 Å². The van der Waals surface area contributed by atoms with Gasteiger partial charge in [-0.1, -0.05) is 105 Å². The molecule has 1 nitrogen and oxygen atoms in total. The van der Waals surface area contributed by atoms with E-state index in [0.717, 1.165) is 0 Å². The number of halogens is 1. The second-order valence-corrected chi connectivity index (χ2v) is 7.66. The summed E-state index contributed by atoms with van der Waals surface area (Å²) in [5.41, 5.74) is 0.433. The molecule has 0 heterocycles. The van der Waals surface area contributed by atoms with Gasteiger partial charge in [0.05, 0.1) is 0 Å². The zero-order chi connectivity index (χ0) is 17.4. The normalized spacial score (nSPS) is 13.8. The molecule has 0 saturated carbocycles. The predicted molar refractivity (Wildman–Crippen MR) is 115 cm³/mol. The van der Waals surface area contributed by atoms with Gasteiger partial charge in [-0.05, 0) is 32.9 Å². The number of hydrogen-bond donors (Lipinski definition) is 0. The minimum absolute atomic E-state index is 0. The van der Waals surface area contributed by atoms with Crippen LogP contribution in [-0.4, -0.2) is 23.5 Å². The predicted octanol–water partition coefficient (Wildman–Crippen LogP) is 8.01. The molecule has 0 bridgehead atoms. The molecule has 0 spiro atoms. The second-order valence-electron chi connectivity index (χ2n) is 7.66. The van der Waals surface area contributed by atoms with E-state index in [-0.39, 0.29) is 12.4 Å². The summed E-state index contributed by atoms with van der Waals surface area (Å²) < 4.78 is 0. The Morgan fingerprint density at radius 2 is 0.958 bits per heavy atom. The van der Waals surface area contributed by atoms with Crippen molar-refractivity contribution in [1.82, 2.24) is 4.90 Å². The van der Waals surface area contributed by atoms with E-state index in [9.17, 15) is 0 Å². The Hall–Kier alpha value is 0.250. The molecule has 0 aromatic rings. The van der Waals surface area contributed by atoms with E-state index in [0.29, 0.717) is 5.54 Å². The first-order valence-corrected chi connectivity index (χ1v) is 10.9. The van der Waals surface area contributed by atoms with Crippen molar-refractivity contribution in [2.45, 2.75) is 130 Å². The maximum atomic E-state index is 2.66. The Bertz CT molecular complexity index is 240. The average Bonchev–Trinajstić information content (AvgIpc) is 2.57. The van der Waals surface area contributed by atoms with Gasteiger partial charge < -0.3 is 0 Å². The van der Waals surface area contributed by atoms with Crippen molar-refractivity contribution < 1.29 is 0 Å². The summed E-state index contributed by atoms with van der Waals surface area (Å²) >= 11 is 0. The molecule has 2 heteroatoms. The van der Waals surface area contributed by atoms with Crippen LogP contribution in [0.25, 0.3) is 0 Å². The summed E-state index contributed by atoms with van der Waals surface area (Å²) in [5.74, 6) is 0. The highest BCUT2D eigenvalue weighted by Gasteiger charge is 2.26. The lowest BCUT2D eigenvalue weighted by atomic mass is 9.89. The minimum atomic E-state index is 0. The molecule has 1 atom stereocenters. The molecule has 0 amide bonds. The lowest BCUT2D eigenvalue weighted by Gasteiger charge is -2.40. The third-order valence-corrected chi connectivity index (χ3v) is 5.86. The number of rotatable bonds is 17. The molecule has 0 N–H and O–H groups in total. The lowest BCUT2D eigenvalue weighted by Crippen LogP contribution is -2.45. The minimum Gasteiger partial charge on any atom is -0.298 e. The fourth-order valence-corrected chi connectivity index (χ4v) is 3.89. The molecule has 148 valence electrons. The van der Waals surface area contributed by atoms with E-state index in [4.69, 9.17) is 0 Å². The van der Waals surface area contributed by atoms with E-state index < -0.39 is 0 Å². The molecular weight excluding hydrogens is 314 g/mol. The molecule has 0 radical (unpaired) electrons. The summed E-state index contributed by atoms with van der Waals surface area (Å²) in [6.07, 6.45) is 20.0. The highest BCUT2D eigenvalue weighted by Crippen LogP contribution is 2.26. The summed E-state index contributed by atoms with van der Waals surface area (Å²) in [5, 5.41) is 0. The SMILES string of the molecule is CCCCCCCCCCCCCCC(C)(CC)N(CC)CC.Cl. The van der Waals surface area contributed by atoms with Crippen LogP contribution in [0.5, 0.6) is 0 Å². The smallest absolute Gasteiger partial charge is 0.0178 e. The van der Waals surface area contributed by atoms with Crippen LogP contribution in [-0.2, 0) is 0 Å². The first-order chi connectivity index (χ1) is 11.1. The number of nitrogens with zero attached hydrogens (tertiary/aromatic N) is 1. The van der Waals surface area contributed by atoms with Crippen molar-refractivity contribution in [1.29, 1.82) is 0 Å². The summed E-state index contributed by atoms with van der Waals surface area (Å²) in [7, 11) is 0. The molecule has 0 aromatic carbocycles. The van der Waals surface area contributed by atoms with Gasteiger partial charge in [-0.3, -0.25) is 4.90 Å². The number of unbranched alkanes of at least 4 members (excludes halogenated alkanes) is 11. The van der Waals surface area contributed by atoms with Gasteiger partial charge in [0.15, 0.2) is 0 Å². The third-order valence-electron chi connectivity index (χ3n) is 5.86. The average molecular weight is 362 g/mol. The van der Waals surface area contributed by atoms with Gasteiger partial charge in [-0.2, -0.15) is 0 Å². The van der Waals surface area contributed by atoms with Crippen molar-refractivity contribution in [3.63, 3.8) is 0 Å². The molecule has 0 fully saturated rings. The molecule has 0 saturated heterocycles. The van der Waals surface area contributed by atoms with Crippen LogP contribution in [0.4, 0.5) is 0 Å². The Labute approximate surface area is 160 Å². The van der Waals surface area contributed by atoms with Crippen molar-refractivity contribution >= 4 is 12.4 Å². The monoisotopic (exact) mass is 361 g/mol. The Kier molecular flexibility index (Phi) is 19.9. The molecule has 0 aliphatic rings. The molecular formula is C22H48ClN. The number of hydrogen-bond acceptors (Lipinski definition) is 1. The Balaban J connectivity index is 0. The molecule has 24 heavy (non-hydrogen) atoms. The van der Waals surface area contributed by atoms with Crippen LogP contribution in [0, 0.1) is 0 Å². The van der Waals surface area contributed by atoms with Crippen LogP contribution >= 0.6 is 12.4 Å². The van der Waals surface area contributed by atoms with Gasteiger partial charge in [-0.25, -0.2) is 0 Å². The van der Waals surface area contributed by atoms with E-state index >= 15 is 0 Å². The van der Waals surface area contributed by atoms with Crippen molar-refractivity contribution in [2.24, 2.45) is 0 Å². The second kappa shape index (κ2) is 18.1. The summed E-state index contributed by atoms with van der Waals surface area (Å²) in [4.78, 5) is 2.66.